The Bertz CT molecular complexity index is 994. The number of nitrogens with zero attached hydrogens (tertiary/aromatic N) is 3. The number of aromatic amines is 1. The standard InChI is InChI=1S/C18H18N4O2S/c1-11-15(25-10-19-11)18(24)22-8-4-5-12(9-22)16-20-14-7-3-2-6-13(14)17(23)21-16/h2-3,6-7,10,12H,4-5,8-9H2,1H3,(H,20,21,23)/t12-/m0/s1. The van der Waals surface area contributed by atoms with Crippen LogP contribution in [0.5, 0.6) is 0 Å². The largest absolute Gasteiger partial charge is 0.337 e. The second kappa shape index (κ2) is 6.40. The van der Waals surface area contributed by atoms with Crippen LogP contribution in [0.2, 0.25) is 0 Å². The number of amides is 1. The molecule has 0 aliphatic carbocycles. The van der Waals surface area contributed by atoms with Gasteiger partial charge >= 0.3 is 0 Å². The average molecular weight is 354 g/mol. The summed E-state index contributed by atoms with van der Waals surface area (Å²) in [6.07, 6.45) is 1.80. The molecule has 1 aromatic carbocycles. The van der Waals surface area contributed by atoms with E-state index < -0.39 is 0 Å². The van der Waals surface area contributed by atoms with Gasteiger partial charge in [0, 0.05) is 19.0 Å². The second-order valence-electron chi connectivity index (χ2n) is 6.33. The van der Waals surface area contributed by atoms with Gasteiger partial charge in [0.15, 0.2) is 0 Å². The Morgan fingerprint density at radius 2 is 2.20 bits per heavy atom. The number of nitrogens with one attached hydrogen (secondary N) is 1. The van der Waals surface area contributed by atoms with Crippen LogP contribution in [-0.4, -0.2) is 38.8 Å². The molecule has 1 N–H and O–H groups in total. The van der Waals surface area contributed by atoms with Crippen LogP contribution in [0, 0.1) is 6.92 Å². The second-order valence-corrected chi connectivity index (χ2v) is 7.18. The maximum absolute atomic E-state index is 12.7. The van der Waals surface area contributed by atoms with E-state index in [0.717, 1.165) is 25.1 Å². The highest BCUT2D eigenvalue weighted by Gasteiger charge is 2.28. The number of aromatic nitrogens is 3. The number of H-pyrrole nitrogens is 1. The highest BCUT2D eigenvalue weighted by Crippen LogP contribution is 2.27. The fourth-order valence-corrected chi connectivity index (χ4v) is 4.10. The minimum atomic E-state index is -0.123. The molecule has 2 aromatic heterocycles. The number of carbonyl (C=O) groups is 1. The van der Waals surface area contributed by atoms with Crippen molar-refractivity contribution in [1.29, 1.82) is 0 Å². The van der Waals surface area contributed by atoms with Gasteiger partial charge in [-0.05, 0) is 31.9 Å². The predicted molar refractivity (Wildman–Crippen MR) is 97.1 cm³/mol. The normalized spacial score (nSPS) is 17.8. The van der Waals surface area contributed by atoms with Crippen LogP contribution in [0.4, 0.5) is 0 Å². The first-order chi connectivity index (χ1) is 12.1. The van der Waals surface area contributed by atoms with Crippen molar-refractivity contribution in [1.82, 2.24) is 19.9 Å². The number of para-hydroxylation sites is 1. The molecule has 4 rings (SSSR count). The van der Waals surface area contributed by atoms with Crippen LogP contribution in [0.15, 0.2) is 34.6 Å². The van der Waals surface area contributed by atoms with Crippen LogP contribution in [0.1, 0.15) is 39.9 Å². The van der Waals surface area contributed by atoms with Gasteiger partial charge in [-0.15, -0.1) is 11.3 Å². The van der Waals surface area contributed by atoms with Gasteiger partial charge < -0.3 is 9.88 Å². The minimum absolute atomic E-state index is 0.0211. The summed E-state index contributed by atoms with van der Waals surface area (Å²) in [6, 6.07) is 7.33. The molecule has 128 valence electrons. The van der Waals surface area contributed by atoms with Crippen molar-refractivity contribution < 1.29 is 4.79 Å². The van der Waals surface area contributed by atoms with Gasteiger partial charge in [-0.2, -0.15) is 0 Å². The summed E-state index contributed by atoms with van der Waals surface area (Å²) in [6.45, 7) is 3.15. The van der Waals surface area contributed by atoms with Gasteiger partial charge in [0.05, 0.1) is 22.1 Å². The fourth-order valence-electron chi connectivity index (χ4n) is 3.33. The molecule has 1 aliphatic rings. The molecule has 3 heterocycles. The van der Waals surface area contributed by atoms with Crippen molar-refractivity contribution >= 4 is 28.1 Å². The third kappa shape index (κ3) is 2.95. The van der Waals surface area contributed by atoms with Crippen LogP contribution in [0.3, 0.4) is 0 Å². The number of thiazole rings is 1. The number of aryl methyl sites for hydroxylation is 1. The number of hydrogen-bond donors (Lipinski definition) is 1. The van der Waals surface area contributed by atoms with Crippen molar-refractivity contribution in [3.63, 3.8) is 0 Å². The molecule has 0 saturated carbocycles. The molecule has 0 spiro atoms. The van der Waals surface area contributed by atoms with E-state index in [2.05, 4.69) is 15.0 Å². The fraction of sp³-hybridized carbons (Fsp3) is 0.333. The first kappa shape index (κ1) is 16.0. The molecule has 1 saturated heterocycles. The third-order valence-corrected chi connectivity index (χ3v) is 5.58. The lowest BCUT2D eigenvalue weighted by atomic mass is 9.96. The topological polar surface area (TPSA) is 79.0 Å². The molecule has 1 atom stereocenters. The van der Waals surface area contributed by atoms with E-state index in [1.165, 1.54) is 11.3 Å². The summed E-state index contributed by atoms with van der Waals surface area (Å²) in [5.74, 6) is 0.735. The van der Waals surface area contributed by atoms with Crippen molar-refractivity contribution in [2.24, 2.45) is 0 Å². The lowest BCUT2D eigenvalue weighted by Gasteiger charge is -2.32. The Morgan fingerprint density at radius 1 is 1.36 bits per heavy atom. The van der Waals surface area contributed by atoms with E-state index in [1.54, 1.807) is 11.6 Å². The maximum Gasteiger partial charge on any atom is 0.265 e. The van der Waals surface area contributed by atoms with Gasteiger partial charge in [-0.25, -0.2) is 9.97 Å². The number of benzene rings is 1. The van der Waals surface area contributed by atoms with Gasteiger partial charge in [-0.3, -0.25) is 9.59 Å². The summed E-state index contributed by atoms with van der Waals surface area (Å²) in [5.41, 5.74) is 3.05. The smallest absolute Gasteiger partial charge is 0.265 e. The van der Waals surface area contributed by atoms with Crippen LogP contribution in [0.25, 0.3) is 10.9 Å². The first-order valence-electron chi connectivity index (χ1n) is 8.32. The van der Waals surface area contributed by atoms with Crippen molar-refractivity contribution in [3.8, 4) is 0 Å². The van der Waals surface area contributed by atoms with E-state index in [0.29, 0.717) is 28.1 Å². The zero-order valence-electron chi connectivity index (χ0n) is 13.9. The maximum atomic E-state index is 12.7. The molecular formula is C18H18N4O2S. The van der Waals surface area contributed by atoms with Gasteiger partial charge in [0.1, 0.15) is 10.7 Å². The summed E-state index contributed by atoms with van der Waals surface area (Å²) in [5, 5.41) is 0.593. The molecule has 1 aliphatic heterocycles. The monoisotopic (exact) mass is 354 g/mol. The molecule has 1 fully saturated rings. The summed E-state index contributed by atoms with van der Waals surface area (Å²) >= 11 is 1.38. The highest BCUT2D eigenvalue weighted by molar-refractivity contribution is 7.11. The Labute approximate surface area is 148 Å². The zero-order chi connectivity index (χ0) is 17.4. The Kier molecular flexibility index (Phi) is 4.09. The van der Waals surface area contributed by atoms with E-state index >= 15 is 0 Å². The summed E-state index contributed by atoms with van der Waals surface area (Å²) < 4.78 is 0. The molecular weight excluding hydrogens is 336 g/mol. The number of fused-ring (bicyclic) bond motifs is 1. The van der Waals surface area contributed by atoms with Gasteiger partial charge in [0.25, 0.3) is 11.5 Å². The molecule has 0 unspecified atom stereocenters. The molecule has 25 heavy (non-hydrogen) atoms. The molecule has 1 amide bonds. The molecule has 6 nitrogen and oxygen atoms in total. The van der Waals surface area contributed by atoms with Crippen molar-refractivity contribution in [2.75, 3.05) is 13.1 Å². The lowest BCUT2D eigenvalue weighted by molar-refractivity contribution is 0.0708. The van der Waals surface area contributed by atoms with Gasteiger partial charge in [0.2, 0.25) is 0 Å². The van der Waals surface area contributed by atoms with Crippen molar-refractivity contribution in [2.45, 2.75) is 25.7 Å². The van der Waals surface area contributed by atoms with E-state index in [1.807, 2.05) is 30.0 Å². The Hall–Kier alpha value is -2.54. The van der Waals surface area contributed by atoms with E-state index in [9.17, 15) is 9.59 Å². The van der Waals surface area contributed by atoms with Crippen molar-refractivity contribution in [3.05, 3.63) is 56.5 Å². The number of piperidine rings is 1. The minimum Gasteiger partial charge on any atom is -0.337 e. The van der Waals surface area contributed by atoms with E-state index in [-0.39, 0.29) is 17.4 Å². The van der Waals surface area contributed by atoms with Crippen LogP contribution in [-0.2, 0) is 0 Å². The molecule has 7 heteroatoms. The molecule has 0 bridgehead atoms. The first-order valence-corrected chi connectivity index (χ1v) is 9.20. The molecule has 3 aromatic rings. The van der Waals surface area contributed by atoms with Crippen LogP contribution < -0.4 is 5.56 Å². The summed E-state index contributed by atoms with van der Waals surface area (Å²) in [7, 11) is 0. The van der Waals surface area contributed by atoms with Gasteiger partial charge in [-0.1, -0.05) is 12.1 Å². The SMILES string of the molecule is Cc1ncsc1C(=O)N1CCC[C@H](c2nc3ccccc3c(=O)[nH]2)C1. The van der Waals surface area contributed by atoms with Crippen LogP contribution >= 0.6 is 11.3 Å². The highest BCUT2D eigenvalue weighted by atomic mass is 32.1. The quantitative estimate of drug-likeness (QED) is 0.767. The number of rotatable bonds is 2. The lowest BCUT2D eigenvalue weighted by Crippen LogP contribution is -2.39. The molecule has 0 radical (unpaired) electrons. The number of likely N-dealkylation sites (tertiary alicyclic amines) is 1. The average Bonchev–Trinajstić information content (AvgIpc) is 3.07. The predicted octanol–water partition coefficient (Wildman–Crippen LogP) is 2.71. The summed E-state index contributed by atoms with van der Waals surface area (Å²) in [4.78, 5) is 39.3. The van der Waals surface area contributed by atoms with E-state index in [4.69, 9.17) is 0 Å². The zero-order valence-corrected chi connectivity index (χ0v) is 14.7. The number of carbonyl (C=O) groups excluding carboxylic acids is 1. The Balaban J connectivity index is 1.62. The third-order valence-electron chi connectivity index (χ3n) is 4.67. The number of hydrogen-bond acceptors (Lipinski definition) is 5. The Morgan fingerprint density at radius 3 is 3.00 bits per heavy atom.